The van der Waals surface area contributed by atoms with Crippen molar-refractivity contribution in [2.75, 3.05) is 4.90 Å². The molecule has 0 amide bonds. The van der Waals surface area contributed by atoms with E-state index in [1.165, 1.54) is 27.3 Å². The summed E-state index contributed by atoms with van der Waals surface area (Å²) in [7, 11) is 0. The van der Waals surface area contributed by atoms with Gasteiger partial charge in [0.2, 0.25) is 5.89 Å². The second-order valence-corrected chi connectivity index (χ2v) is 12.0. The van der Waals surface area contributed by atoms with Crippen LogP contribution in [0, 0.1) is 0 Å². The number of hydrogen-bond acceptors (Lipinski definition) is 3. The number of rotatable bonds is 6. The topological polar surface area (TPSA) is 29.3 Å². The molecule has 9 rings (SSSR count). The zero-order chi connectivity index (χ0) is 31.9. The van der Waals surface area contributed by atoms with E-state index >= 15 is 0 Å². The fourth-order valence-electron chi connectivity index (χ4n) is 6.81. The number of para-hydroxylation sites is 2. The molecule has 0 unspecified atom stereocenters. The molecule has 0 saturated heterocycles. The van der Waals surface area contributed by atoms with Crippen LogP contribution in [-0.2, 0) is 0 Å². The maximum absolute atomic E-state index is 6.53. The summed E-state index contributed by atoms with van der Waals surface area (Å²) < 4.78 is 6.53. The number of anilines is 3. The van der Waals surface area contributed by atoms with Crippen LogP contribution in [0.2, 0.25) is 0 Å². The molecule has 1 aromatic heterocycles. The first-order valence-electron chi connectivity index (χ1n) is 16.2. The molecular weight excluding hydrogens is 585 g/mol. The van der Waals surface area contributed by atoms with Crippen molar-refractivity contribution >= 4 is 49.7 Å². The summed E-state index contributed by atoms with van der Waals surface area (Å²) in [6, 6.07) is 63.9. The van der Waals surface area contributed by atoms with E-state index < -0.39 is 0 Å². The van der Waals surface area contributed by atoms with Gasteiger partial charge in [-0.2, -0.15) is 0 Å². The van der Waals surface area contributed by atoms with Gasteiger partial charge in [0.15, 0.2) is 5.58 Å². The number of aromatic nitrogens is 1. The van der Waals surface area contributed by atoms with Gasteiger partial charge in [-0.25, -0.2) is 4.98 Å². The molecule has 0 aliphatic rings. The van der Waals surface area contributed by atoms with Crippen molar-refractivity contribution < 1.29 is 4.42 Å². The third-order valence-electron chi connectivity index (χ3n) is 9.09. The summed E-state index contributed by atoms with van der Waals surface area (Å²) in [6.07, 6.45) is 0. The number of nitrogens with zero attached hydrogens (tertiary/aromatic N) is 2. The highest BCUT2D eigenvalue weighted by atomic mass is 16.3. The van der Waals surface area contributed by atoms with E-state index in [0.29, 0.717) is 5.89 Å². The van der Waals surface area contributed by atoms with E-state index in [1.807, 2.05) is 6.07 Å². The van der Waals surface area contributed by atoms with Gasteiger partial charge in [-0.05, 0) is 86.8 Å². The predicted octanol–water partition coefficient (Wildman–Crippen LogP) is 12.6. The Morgan fingerprint density at radius 1 is 0.396 bits per heavy atom. The Morgan fingerprint density at radius 2 is 0.958 bits per heavy atom. The molecule has 0 atom stereocenters. The Kier molecular flexibility index (Phi) is 6.80. The lowest BCUT2D eigenvalue weighted by Gasteiger charge is -2.26. The van der Waals surface area contributed by atoms with Gasteiger partial charge in [-0.3, -0.25) is 0 Å². The third-order valence-corrected chi connectivity index (χ3v) is 9.09. The SMILES string of the molecule is c1ccc(N(c2ccc(-c3cccc4nc(-c5cccc6ccccc56)oc34)cc2)c2cccc(-c3cccc4ccccc34)c2)cc1. The highest BCUT2D eigenvalue weighted by Gasteiger charge is 2.17. The number of hydrogen-bond donors (Lipinski definition) is 0. The molecule has 3 heteroatoms. The van der Waals surface area contributed by atoms with Gasteiger partial charge in [-0.1, -0.05) is 133 Å². The Morgan fingerprint density at radius 3 is 1.73 bits per heavy atom. The summed E-state index contributed by atoms with van der Waals surface area (Å²) >= 11 is 0. The second-order valence-electron chi connectivity index (χ2n) is 12.0. The van der Waals surface area contributed by atoms with Crippen molar-refractivity contribution in [1.29, 1.82) is 0 Å². The van der Waals surface area contributed by atoms with Gasteiger partial charge < -0.3 is 9.32 Å². The van der Waals surface area contributed by atoms with Gasteiger partial charge >= 0.3 is 0 Å². The van der Waals surface area contributed by atoms with Gasteiger partial charge in [0.1, 0.15) is 5.52 Å². The number of oxazole rings is 1. The molecule has 0 fully saturated rings. The monoisotopic (exact) mass is 614 g/mol. The fraction of sp³-hybridized carbons (Fsp3) is 0. The van der Waals surface area contributed by atoms with Crippen molar-refractivity contribution in [3.05, 3.63) is 182 Å². The minimum absolute atomic E-state index is 0.632. The molecule has 0 aliphatic heterocycles. The quantitative estimate of drug-likeness (QED) is 0.187. The van der Waals surface area contributed by atoms with Gasteiger partial charge in [0.05, 0.1) is 0 Å². The van der Waals surface area contributed by atoms with Crippen LogP contribution in [-0.4, -0.2) is 4.98 Å². The Labute approximate surface area is 279 Å². The van der Waals surface area contributed by atoms with Crippen LogP contribution in [0.15, 0.2) is 186 Å². The lowest BCUT2D eigenvalue weighted by atomic mass is 9.97. The molecule has 0 bridgehead atoms. The maximum atomic E-state index is 6.53. The van der Waals surface area contributed by atoms with Crippen LogP contribution >= 0.6 is 0 Å². The lowest BCUT2D eigenvalue weighted by molar-refractivity contribution is 0.621. The Hall–Kier alpha value is -6.45. The largest absolute Gasteiger partial charge is 0.435 e. The van der Waals surface area contributed by atoms with Gasteiger partial charge in [-0.15, -0.1) is 0 Å². The van der Waals surface area contributed by atoms with Crippen LogP contribution in [0.1, 0.15) is 0 Å². The summed E-state index contributed by atoms with van der Waals surface area (Å²) in [5.41, 5.74) is 10.4. The third kappa shape index (κ3) is 4.90. The van der Waals surface area contributed by atoms with Crippen LogP contribution in [0.3, 0.4) is 0 Å². The zero-order valence-electron chi connectivity index (χ0n) is 26.1. The van der Waals surface area contributed by atoms with Gasteiger partial charge in [0, 0.05) is 28.2 Å². The summed E-state index contributed by atoms with van der Waals surface area (Å²) in [5, 5.41) is 4.78. The van der Waals surface area contributed by atoms with E-state index in [9.17, 15) is 0 Å². The molecule has 1 heterocycles. The molecule has 0 spiro atoms. The average molecular weight is 615 g/mol. The normalized spacial score (nSPS) is 11.3. The second kappa shape index (κ2) is 11.7. The number of benzene rings is 8. The Balaban J connectivity index is 1.12. The van der Waals surface area contributed by atoms with Crippen molar-refractivity contribution in [2.45, 2.75) is 0 Å². The van der Waals surface area contributed by atoms with Crippen LogP contribution < -0.4 is 4.90 Å². The first-order valence-corrected chi connectivity index (χ1v) is 16.2. The van der Waals surface area contributed by atoms with Crippen molar-refractivity contribution in [1.82, 2.24) is 4.98 Å². The van der Waals surface area contributed by atoms with E-state index in [1.54, 1.807) is 0 Å². The Bertz CT molecular complexity index is 2560. The number of fused-ring (bicyclic) bond motifs is 3. The highest BCUT2D eigenvalue weighted by molar-refractivity contribution is 5.99. The minimum atomic E-state index is 0.632. The van der Waals surface area contributed by atoms with Crippen molar-refractivity contribution in [3.8, 4) is 33.7 Å². The smallest absolute Gasteiger partial charge is 0.227 e. The molecule has 0 radical (unpaired) electrons. The van der Waals surface area contributed by atoms with Crippen LogP contribution in [0.5, 0.6) is 0 Å². The molecule has 48 heavy (non-hydrogen) atoms. The molecule has 3 nitrogen and oxygen atoms in total. The summed E-state index contributed by atoms with van der Waals surface area (Å²) in [5.74, 6) is 0.632. The zero-order valence-corrected chi connectivity index (χ0v) is 26.1. The van der Waals surface area contributed by atoms with E-state index in [0.717, 1.165) is 50.2 Å². The molecule has 0 aliphatic carbocycles. The lowest BCUT2D eigenvalue weighted by Crippen LogP contribution is -2.09. The summed E-state index contributed by atoms with van der Waals surface area (Å²) in [4.78, 5) is 7.23. The molecule has 8 aromatic carbocycles. The van der Waals surface area contributed by atoms with Crippen LogP contribution in [0.4, 0.5) is 17.1 Å². The van der Waals surface area contributed by atoms with Crippen molar-refractivity contribution in [2.24, 2.45) is 0 Å². The van der Waals surface area contributed by atoms with Crippen LogP contribution in [0.25, 0.3) is 66.4 Å². The van der Waals surface area contributed by atoms with Gasteiger partial charge in [0.25, 0.3) is 0 Å². The summed E-state index contributed by atoms with van der Waals surface area (Å²) in [6.45, 7) is 0. The molecule has 0 N–H and O–H groups in total. The van der Waals surface area contributed by atoms with E-state index in [-0.39, 0.29) is 0 Å². The first kappa shape index (κ1) is 27.8. The first-order chi connectivity index (χ1) is 23.8. The molecule has 0 saturated carbocycles. The van der Waals surface area contributed by atoms with E-state index in [4.69, 9.17) is 9.40 Å². The van der Waals surface area contributed by atoms with Crippen molar-refractivity contribution in [3.63, 3.8) is 0 Å². The standard InChI is InChI=1S/C45H30N2O/c1-2-17-35(18-3-1)47(37-19-8-16-34(30-37)40-22-9-14-31-12-4-6-20-38(31)40)36-28-26-33(27-29-36)41-23-11-25-43-44(41)48-45(46-43)42-24-10-15-32-13-5-7-21-39(32)42/h1-30H. The average Bonchev–Trinajstić information content (AvgIpc) is 3.60. The van der Waals surface area contributed by atoms with E-state index in [2.05, 4.69) is 181 Å². The fourth-order valence-corrected chi connectivity index (χ4v) is 6.81. The molecule has 226 valence electrons. The highest BCUT2D eigenvalue weighted by Crippen LogP contribution is 2.40. The predicted molar refractivity (Wildman–Crippen MR) is 200 cm³/mol. The minimum Gasteiger partial charge on any atom is -0.435 e. The maximum Gasteiger partial charge on any atom is 0.227 e. The molecular formula is C45H30N2O. The molecule has 9 aromatic rings.